The average molecular weight is 824 g/mol. The number of benzene rings is 5. The molecule has 62 heavy (non-hydrogen) atoms. The third-order valence-corrected chi connectivity index (χ3v) is 12.0. The van der Waals surface area contributed by atoms with Gasteiger partial charge in [0.15, 0.2) is 0 Å². The molecule has 0 unspecified atom stereocenters. The van der Waals surface area contributed by atoms with Crippen molar-refractivity contribution in [3.05, 3.63) is 175 Å². The fourth-order valence-corrected chi connectivity index (χ4v) is 8.79. The molecule has 2 aliphatic heterocycles. The predicted octanol–water partition coefficient (Wildman–Crippen LogP) is 10.7. The van der Waals surface area contributed by atoms with E-state index < -0.39 is 0 Å². The van der Waals surface area contributed by atoms with Gasteiger partial charge in [-0.05, 0) is 106 Å². The Morgan fingerprint density at radius 1 is 0.661 bits per heavy atom. The van der Waals surface area contributed by atoms with Crippen LogP contribution < -0.4 is 15.2 Å². The van der Waals surface area contributed by atoms with Crippen LogP contribution in [-0.2, 0) is 6.42 Å². The van der Waals surface area contributed by atoms with Gasteiger partial charge in [-0.1, -0.05) is 110 Å². The summed E-state index contributed by atoms with van der Waals surface area (Å²) >= 11 is 0. The smallest absolute Gasteiger partial charge is 0.272 e. The van der Waals surface area contributed by atoms with Gasteiger partial charge in [0, 0.05) is 54.2 Å². The van der Waals surface area contributed by atoms with Gasteiger partial charge >= 0.3 is 0 Å². The number of likely N-dealkylation sites (tertiary alicyclic amines) is 1. The normalized spacial score (nSPS) is 14.6. The van der Waals surface area contributed by atoms with E-state index in [4.69, 9.17) is 0 Å². The molecule has 0 atom stereocenters. The molecular formula is C53H57N7O2. The maximum atomic E-state index is 13.7. The molecule has 2 aromatic heterocycles. The van der Waals surface area contributed by atoms with E-state index in [1.54, 1.807) is 17.4 Å². The molecule has 0 spiro atoms. The van der Waals surface area contributed by atoms with E-state index in [9.17, 15) is 9.59 Å². The number of hydrogen-bond acceptors (Lipinski definition) is 7. The molecule has 9 nitrogen and oxygen atoms in total. The maximum Gasteiger partial charge on any atom is 0.272 e. The Kier molecular flexibility index (Phi) is 14.3. The highest BCUT2D eigenvalue weighted by Gasteiger charge is 2.28. The van der Waals surface area contributed by atoms with Crippen LogP contribution in [0.1, 0.15) is 71.7 Å². The summed E-state index contributed by atoms with van der Waals surface area (Å²) in [5, 5.41) is 9.05. The van der Waals surface area contributed by atoms with Crippen molar-refractivity contribution in [2.45, 2.75) is 57.9 Å². The third-order valence-electron chi connectivity index (χ3n) is 12.0. The van der Waals surface area contributed by atoms with Crippen LogP contribution >= 0.6 is 0 Å². The van der Waals surface area contributed by atoms with Crippen molar-refractivity contribution in [1.82, 2.24) is 19.9 Å². The second-order valence-corrected chi connectivity index (χ2v) is 16.3. The van der Waals surface area contributed by atoms with Crippen molar-refractivity contribution in [3.8, 4) is 0 Å². The molecule has 0 radical (unpaired) electrons. The van der Waals surface area contributed by atoms with Gasteiger partial charge in [0.1, 0.15) is 0 Å². The van der Waals surface area contributed by atoms with Crippen LogP contribution in [0.15, 0.2) is 158 Å². The largest absolute Gasteiger partial charge is 0.371 e. The fraction of sp³-hybridized carbons (Fsp3) is 0.283. The lowest BCUT2D eigenvalue weighted by Crippen LogP contribution is -2.48. The Bertz CT molecular complexity index is 2540. The van der Waals surface area contributed by atoms with Crippen molar-refractivity contribution in [1.29, 1.82) is 0 Å². The average Bonchev–Trinajstić information content (AvgIpc) is 3.34. The van der Waals surface area contributed by atoms with E-state index in [0.717, 1.165) is 83.5 Å². The van der Waals surface area contributed by atoms with Gasteiger partial charge in [-0.15, -0.1) is 0 Å². The maximum absolute atomic E-state index is 13.7. The molecule has 0 aliphatic carbocycles. The summed E-state index contributed by atoms with van der Waals surface area (Å²) in [6, 6.07) is 48.5. The zero-order valence-corrected chi connectivity index (χ0v) is 35.8. The number of aromatic nitrogens is 2. The van der Waals surface area contributed by atoms with Gasteiger partial charge in [0.05, 0.1) is 40.4 Å². The van der Waals surface area contributed by atoms with Crippen molar-refractivity contribution >= 4 is 50.7 Å². The first-order valence-electron chi connectivity index (χ1n) is 22.3. The molecule has 4 heterocycles. The number of amides is 2. The summed E-state index contributed by atoms with van der Waals surface area (Å²) in [6.07, 6.45) is 11.7. The number of fused-ring (bicyclic) bond motifs is 2. The first-order chi connectivity index (χ1) is 30.5. The van der Waals surface area contributed by atoms with Crippen LogP contribution in [-0.4, -0.2) is 77.0 Å². The number of carbonyl (C=O) groups is 2. The number of nitrogens with one attached hydrogen (secondary N) is 1. The Hall–Kier alpha value is -6.42. The SMILES string of the molecule is CCCN(CCc1ccccc1)N(C(=O)c1ccccc1)c1cnc2ccccc2c1.O=C(Nc1cnc2ccccc2c1)c1ccccc1N1CCC(N2CCCCC2)CC1. The molecule has 0 saturated carbocycles. The van der Waals surface area contributed by atoms with Gasteiger partial charge in [-0.25, -0.2) is 10.0 Å². The van der Waals surface area contributed by atoms with Crippen molar-refractivity contribution < 1.29 is 9.59 Å². The third kappa shape index (κ3) is 10.5. The van der Waals surface area contributed by atoms with E-state index in [1.165, 1.54) is 50.8 Å². The topological polar surface area (TPSA) is 84.9 Å². The first-order valence-corrected chi connectivity index (χ1v) is 22.3. The Balaban J connectivity index is 0.000000171. The van der Waals surface area contributed by atoms with Crippen LogP contribution in [0.5, 0.6) is 0 Å². The number of carbonyl (C=O) groups excluding carboxylic acids is 2. The minimum atomic E-state index is -0.0779. The van der Waals surface area contributed by atoms with Crippen LogP contribution in [0.25, 0.3) is 21.8 Å². The standard InChI is InChI=1S/C27H27N3O.C26H30N4O/c1-2-18-29(19-17-22-11-5-3-6-12-22)30(27(31)23-13-7-4-8-14-23)25-20-24-15-9-10-16-26(24)28-21-25;31-26(28-21-18-20-8-2-4-10-24(20)27-19-21)23-9-3-5-11-25(23)30-16-12-22(13-17-30)29-14-6-1-7-15-29/h3-16,20-21H,2,17-19H2,1H3;2-5,8-11,18-19,22H,1,6-7,12-17H2,(H,28,31). The Morgan fingerprint density at radius 2 is 1.27 bits per heavy atom. The van der Waals surface area contributed by atoms with Gasteiger partial charge in [0.25, 0.3) is 11.8 Å². The van der Waals surface area contributed by atoms with E-state index >= 15 is 0 Å². The monoisotopic (exact) mass is 823 g/mol. The molecule has 2 aliphatic rings. The van der Waals surface area contributed by atoms with Gasteiger partial charge in [-0.3, -0.25) is 19.6 Å². The molecule has 2 fully saturated rings. The number of anilines is 3. The van der Waals surface area contributed by atoms with Gasteiger partial charge in [-0.2, -0.15) is 0 Å². The Morgan fingerprint density at radius 3 is 1.98 bits per heavy atom. The summed E-state index contributed by atoms with van der Waals surface area (Å²) < 4.78 is 0. The number of hydrazine groups is 1. The van der Waals surface area contributed by atoms with E-state index in [0.29, 0.717) is 11.6 Å². The van der Waals surface area contributed by atoms with Crippen LogP contribution in [0.2, 0.25) is 0 Å². The minimum Gasteiger partial charge on any atom is -0.371 e. The van der Waals surface area contributed by atoms with E-state index in [2.05, 4.69) is 67.3 Å². The van der Waals surface area contributed by atoms with E-state index in [-0.39, 0.29) is 11.8 Å². The number of nitrogens with zero attached hydrogens (tertiary/aromatic N) is 6. The van der Waals surface area contributed by atoms with Crippen molar-refractivity contribution in [3.63, 3.8) is 0 Å². The highest BCUT2D eigenvalue weighted by molar-refractivity contribution is 6.09. The zero-order valence-electron chi connectivity index (χ0n) is 35.8. The van der Waals surface area contributed by atoms with Crippen LogP contribution in [0, 0.1) is 0 Å². The second-order valence-electron chi connectivity index (χ2n) is 16.3. The number of pyridine rings is 2. The zero-order chi connectivity index (χ0) is 42.5. The summed E-state index contributed by atoms with van der Waals surface area (Å²) in [5.41, 5.74) is 7.04. The predicted molar refractivity (Wildman–Crippen MR) is 254 cm³/mol. The molecule has 1 N–H and O–H groups in total. The number of hydrogen-bond donors (Lipinski definition) is 1. The number of rotatable bonds is 12. The fourth-order valence-electron chi connectivity index (χ4n) is 8.79. The van der Waals surface area contributed by atoms with E-state index in [1.807, 2.05) is 115 Å². The summed E-state index contributed by atoms with van der Waals surface area (Å²) in [6.45, 7) is 8.17. The number of piperidine rings is 2. The molecule has 0 bridgehead atoms. The second kappa shape index (κ2) is 20.9. The summed E-state index contributed by atoms with van der Waals surface area (Å²) in [7, 11) is 0. The lowest BCUT2D eigenvalue weighted by atomic mass is 9.98. The molecular weight excluding hydrogens is 767 g/mol. The minimum absolute atomic E-state index is 0.0424. The highest BCUT2D eigenvalue weighted by atomic mass is 16.2. The lowest BCUT2D eigenvalue weighted by Gasteiger charge is -2.41. The van der Waals surface area contributed by atoms with Crippen LogP contribution in [0.4, 0.5) is 17.1 Å². The summed E-state index contributed by atoms with van der Waals surface area (Å²) in [4.78, 5) is 41.0. The molecule has 9 rings (SSSR count). The lowest BCUT2D eigenvalue weighted by molar-refractivity contribution is 0.0893. The molecule has 7 aromatic rings. The first kappa shape index (κ1) is 42.3. The highest BCUT2D eigenvalue weighted by Crippen LogP contribution is 2.29. The molecule has 316 valence electrons. The van der Waals surface area contributed by atoms with Gasteiger partial charge < -0.3 is 15.1 Å². The van der Waals surface area contributed by atoms with Crippen molar-refractivity contribution in [2.24, 2.45) is 0 Å². The van der Waals surface area contributed by atoms with Crippen molar-refractivity contribution in [2.75, 3.05) is 54.5 Å². The molecule has 9 heteroatoms. The summed E-state index contributed by atoms with van der Waals surface area (Å²) in [5.74, 6) is -0.120. The van der Waals surface area contributed by atoms with Crippen LogP contribution in [0.3, 0.4) is 0 Å². The number of para-hydroxylation sites is 3. The molecule has 2 saturated heterocycles. The molecule has 2 amide bonds. The Labute approximate surface area is 366 Å². The quantitative estimate of drug-likeness (QED) is 0.123. The molecule has 5 aromatic carbocycles. The van der Waals surface area contributed by atoms with Gasteiger partial charge in [0.2, 0.25) is 0 Å².